The number of aryl methyl sites for hydroxylation is 1. The van der Waals surface area contributed by atoms with Crippen LogP contribution in [-0.4, -0.2) is 37.9 Å². The van der Waals surface area contributed by atoms with Crippen molar-refractivity contribution in [2.45, 2.75) is 44.1 Å². The molecular formula is C30H28F3N7O2. The van der Waals surface area contributed by atoms with Gasteiger partial charge in [0.25, 0.3) is 5.91 Å². The maximum absolute atomic E-state index is 13.9. The van der Waals surface area contributed by atoms with Gasteiger partial charge >= 0.3 is 6.18 Å². The van der Waals surface area contributed by atoms with E-state index >= 15 is 0 Å². The second-order valence-electron chi connectivity index (χ2n) is 10.3. The van der Waals surface area contributed by atoms with Gasteiger partial charge in [0.2, 0.25) is 0 Å². The Bertz CT molecular complexity index is 1680. The second kappa shape index (κ2) is 11.6. The zero-order chi connectivity index (χ0) is 30.0. The molecule has 5 N–H and O–H groups in total. The van der Waals surface area contributed by atoms with Crippen LogP contribution in [0.1, 0.15) is 46.3 Å². The van der Waals surface area contributed by atoms with Crippen LogP contribution in [0.2, 0.25) is 0 Å². The quantitative estimate of drug-likeness (QED) is 0.230. The highest BCUT2D eigenvalue weighted by Crippen LogP contribution is 2.39. The number of aliphatic hydroxyl groups is 1. The molecule has 5 rings (SSSR count). The van der Waals surface area contributed by atoms with Crippen LogP contribution in [0.4, 0.5) is 24.5 Å². The average Bonchev–Trinajstić information content (AvgIpc) is 3.59. The third-order valence-corrected chi connectivity index (χ3v) is 7.38. The fourth-order valence-electron chi connectivity index (χ4n) is 5.18. The molecule has 1 aromatic heterocycles. The molecule has 0 saturated heterocycles. The monoisotopic (exact) mass is 575 g/mol. The summed E-state index contributed by atoms with van der Waals surface area (Å²) in [6.07, 6.45) is -1.58. The van der Waals surface area contributed by atoms with Gasteiger partial charge in [-0.3, -0.25) is 4.79 Å². The number of aromatic nitrogens is 3. The first-order valence-electron chi connectivity index (χ1n) is 13.3. The van der Waals surface area contributed by atoms with Crippen molar-refractivity contribution in [3.63, 3.8) is 0 Å². The standard InChI is InChI=1S/C30H28F3N7O2/c1-40-16-37-39-28(40)22-10-17(14-34)8-9-21(22)19-4-2-5-20(13-19)29(42)38-25-12-18(11-23(27(25)35)30(31,32)33)15-36-24-6-3-7-26(24)41/h2,4-5,8-13,16,24,26,36,41H,3,6-7,15,35H2,1H3,(H,38,42)/t24-,26+/m1/s1. The fourth-order valence-corrected chi connectivity index (χ4v) is 5.18. The Morgan fingerprint density at radius 2 is 1.98 bits per heavy atom. The maximum atomic E-state index is 13.9. The number of alkyl halides is 3. The summed E-state index contributed by atoms with van der Waals surface area (Å²) in [6.45, 7) is 0.0625. The minimum Gasteiger partial charge on any atom is -0.397 e. The van der Waals surface area contributed by atoms with Crippen molar-refractivity contribution in [2.75, 3.05) is 11.1 Å². The third kappa shape index (κ3) is 5.97. The topological polar surface area (TPSA) is 142 Å². The van der Waals surface area contributed by atoms with Crippen molar-refractivity contribution >= 4 is 17.3 Å². The molecule has 0 aliphatic heterocycles. The summed E-state index contributed by atoms with van der Waals surface area (Å²) < 4.78 is 43.3. The second-order valence-corrected chi connectivity index (χ2v) is 10.3. The molecule has 9 nitrogen and oxygen atoms in total. The van der Waals surface area contributed by atoms with E-state index in [-0.39, 0.29) is 29.4 Å². The number of rotatable bonds is 7. The molecule has 0 bridgehead atoms. The zero-order valence-electron chi connectivity index (χ0n) is 22.6. The minimum atomic E-state index is -4.74. The highest BCUT2D eigenvalue weighted by Gasteiger charge is 2.35. The van der Waals surface area contributed by atoms with E-state index in [0.29, 0.717) is 34.5 Å². The predicted molar refractivity (Wildman–Crippen MR) is 151 cm³/mol. The molecule has 12 heteroatoms. The minimum absolute atomic E-state index is 0.0625. The van der Waals surface area contributed by atoms with Gasteiger partial charge in [-0.05, 0) is 72.4 Å². The molecule has 42 heavy (non-hydrogen) atoms. The highest BCUT2D eigenvalue weighted by atomic mass is 19.4. The molecule has 4 aromatic rings. The van der Waals surface area contributed by atoms with Crippen molar-refractivity contribution in [1.82, 2.24) is 20.1 Å². The number of aliphatic hydroxyl groups excluding tert-OH is 1. The molecule has 0 unspecified atom stereocenters. The molecule has 1 fully saturated rings. The van der Waals surface area contributed by atoms with Crippen molar-refractivity contribution in [3.05, 3.63) is 83.2 Å². The smallest absolute Gasteiger partial charge is 0.397 e. The van der Waals surface area contributed by atoms with E-state index < -0.39 is 29.4 Å². The molecule has 1 aliphatic carbocycles. The summed E-state index contributed by atoms with van der Waals surface area (Å²) in [5.41, 5.74) is 6.90. The van der Waals surface area contributed by atoms with E-state index in [0.717, 1.165) is 18.9 Å². The molecule has 2 atom stereocenters. The Morgan fingerprint density at radius 1 is 1.17 bits per heavy atom. The van der Waals surface area contributed by atoms with Crippen LogP contribution in [-0.2, 0) is 19.8 Å². The van der Waals surface area contributed by atoms with Crippen LogP contribution in [0.15, 0.2) is 60.9 Å². The molecule has 1 saturated carbocycles. The lowest BCUT2D eigenvalue weighted by Gasteiger charge is -2.20. The van der Waals surface area contributed by atoms with E-state index in [1.54, 1.807) is 48.0 Å². The van der Waals surface area contributed by atoms with Gasteiger partial charge in [0.15, 0.2) is 5.82 Å². The summed E-state index contributed by atoms with van der Waals surface area (Å²) in [7, 11) is 1.77. The Morgan fingerprint density at radius 3 is 2.64 bits per heavy atom. The van der Waals surface area contributed by atoms with Gasteiger partial charge in [0.1, 0.15) is 6.33 Å². The number of anilines is 2. The number of nitrogens with zero attached hydrogens (tertiary/aromatic N) is 4. The number of hydrogen-bond donors (Lipinski definition) is 4. The number of nitrogen functional groups attached to an aromatic ring is 1. The van der Waals surface area contributed by atoms with Gasteiger partial charge in [-0.25, -0.2) is 0 Å². The summed E-state index contributed by atoms with van der Waals surface area (Å²) in [4.78, 5) is 13.3. The van der Waals surface area contributed by atoms with Crippen molar-refractivity contribution in [1.29, 1.82) is 5.26 Å². The molecule has 1 amide bonds. The Hall–Kier alpha value is -4.73. The normalized spacial score (nSPS) is 16.8. The molecule has 216 valence electrons. The fraction of sp³-hybridized carbons (Fsp3) is 0.267. The maximum Gasteiger partial charge on any atom is 0.418 e. The Balaban J connectivity index is 1.46. The van der Waals surface area contributed by atoms with E-state index in [9.17, 15) is 28.3 Å². The van der Waals surface area contributed by atoms with Crippen LogP contribution in [0.3, 0.4) is 0 Å². The lowest BCUT2D eigenvalue weighted by molar-refractivity contribution is -0.136. The molecule has 0 radical (unpaired) electrons. The van der Waals surface area contributed by atoms with Crippen LogP contribution >= 0.6 is 0 Å². The third-order valence-electron chi connectivity index (χ3n) is 7.38. The van der Waals surface area contributed by atoms with Gasteiger partial charge < -0.3 is 26.0 Å². The largest absolute Gasteiger partial charge is 0.418 e. The van der Waals surface area contributed by atoms with Gasteiger partial charge in [-0.15, -0.1) is 10.2 Å². The Kier molecular flexibility index (Phi) is 7.98. The first-order valence-corrected chi connectivity index (χ1v) is 13.3. The van der Waals surface area contributed by atoms with Crippen molar-refractivity contribution in [2.24, 2.45) is 7.05 Å². The molecule has 0 spiro atoms. The van der Waals surface area contributed by atoms with Crippen LogP contribution in [0.5, 0.6) is 0 Å². The number of carbonyl (C=O) groups excluding carboxylic acids is 1. The lowest BCUT2D eigenvalue weighted by Crippen LogP contribution is -2.35. The predicted octanol–water partition coefficient (Wildman–Crippen LogP) is 4.88. The van der Waals surface area contributed by atoms with E-state index in [1.807, 2.05) is 0 Å². The van der Waals surface area contributed by atoms with Crippen molar-refractivity contribution < 1.29 is 23.1 Å². The number of nitrogens with two attached hydrogens (primary N) is 1. The van der Waals surface area contributed by atoms with Gasteiger partial charge in [0, 0.05) is 30.8 Å². The van der Waals surface area contributed by atoms with Crippen LogP contribution in [0, 0.1) is 11.3 Å². The van der Waals surface area contributed by atoms with Crippen molar-refractivity contribution in [3.8, 4) is 28.6 Å². The number of hydrogen-bond acceptors (Lipinski definition) is 7. The number of carbonyl (C=O) groups is 1. The number of nitriles is 1. The number of halogens is 3. The summed E-state index contributed by atoms with van der Waals surface area (Å²) in [6, 6.07) is 15.9. The number of nitrogens with one attached hydrogen (secondary N) is 2. The Labute approximate surface area is 239 Å². The molecule has 1 aliphatic rings. The van der Waals surface area contributed by atoms with Crippen LogP contribution < -0.4 is 16.4 Å². The summed E-state index contributed by atoms with van der Waals surface area (Å²) in [5, 5.41) is 33.2. The number of amides is 1. The molecule has 3 aromatic carbocycles. The molecule has 1 heterocycles. The SMILES string of the molecule is Cn1cnnc1-c1cc(C#N)ccc1-c1cccc(C(=O)Nc2cc(CN[C@@H]3CCC[C@@H]3O)cc(C(F)(F)F)c2N)c1. The lowest BCUT2D eigenvalue weighted by atomic mass is 9.95. The van der Waals surface area contributed by atoms with E-state index in [1.165, 1.54) is 18.5 Å². The molecular weight excluding hydrogens is 547 g/mol. The van der Waals surface area contributed by atoms with Gasteiger partial charge in [-0.2, -0.15) is 18.4 Å². The summed E-state index contributed by atoms with van der Waals surface area (Å²) >= 11 is 0. The first kappa shape index (κ1) is 28.8. The first-order chi connectivity index (χ1) is 20.0. The van der Waals surface area contributed by atoms with E-state index in [4.69, 9.17) is 5.73 Å². The number of benzene rings is 3. The highest BCUT2D eigenvalue weighted by molar-refractivity contribution is 6.07. The van der Waals surface area contributed by atoms with Gasteiger partial charge in [0.05, 0.1) is 34.7 Å². The van der Waals surface area contributed by atoms with E-state index in [2.05, 4.69) is 26.9 Å². The van der Waals surface area contributed by atoms with Gasteiger partial charge in [-0.1, -0.05) is 18.2 Å². The average molecular weight is 576 g/mol. The summed E-state index contributed by atoms with van der Waals surface area (Å²) in [5.74, 6) is -0.137. The van der Waals surface area contributed by atoms with Crippen LogP contribution in [0.25, 0.3) is 22.5 Å². The zero-order valence-corrected chi connectivity index (χ0v) is 22.6.